The summed E-state index contributed by atoms with van der Waals surface area (Å²) in [6.07, 6.45) is -0.142. The SMILES string of the molecule is CC1=NN2C(CN)=NNC2C1N=Nc1nc2ccccc2s1. The molecule has 0 radical (unpaired) electrons. The van der Waals surface area contributed by atoms with Gasteiger partial charge in [-0.25, -0.2) is 9.99 Å². The lowest BCUT2D eigenvalue weighted by molar-refractivity contribution is 0.324. The van der Waals surface area contributed by atoms with Gasteiger partial charge in [0.05, 0.1) is 22.5 Å². The third kappa shape index (κ3) is 2.06. The summed E-state index contributed by atoms with van der Waals surface area (Å²) in [5.74, 6) is 0.710. The zero-order valence-electron chi connectivity index (χ0n) is 11.8. The molecule has 112 valence electrons. The van der Waals surface area contributed by atoms with Crippen LogP contribution in [0, 0.1) is 0 Å². The van der Waals surface area contributed by atoms with Crippen LogP contribution in [0.15, 0.2) is 44.7 Å². The van der Waals surface area contributed by atoms with Crippen molar-refractivity contribution in [1.82, 2.24) is 15.4 Å². The Morgan fingerprint density at radius 1 is 1.41 bits per heavy atom. The molecule has 8 nitrogen and oxygen atoms in total. The summed E-state index contributed by atoms with van der Waals surface area (Å²) in [5.41, 5.74) is 10.5. The molecule has 0 spiro atoms. The van der Waals surface area contributed by atoms with E-state index in [0.29, 0.717) is 17.5 Å². The van der Waals surface area contributed by atoms with E-state index in [2.05, 4.69) is 30.8 Å². The number of nitrogens with two attached hydrogens (primary N) is 1. The van der Waals surface area contributed by atoms with Gasteiger partial charge in [-0.3, -0.25) is 5.43 Å². The van der Waals surface area contributed by atoms with Gasteiger partial charge in [0, 0.05) is 0 Å². The number of amidine groups is 1. The Bertz CT molecular complexity index is 774. The molecule has 0 aliphatic carbocycles. The Labute approximate surface area is 130 Å². The molecule has 0 saturated carbocycles. The summed E-state index contributed by atoms with van der Waals surface area (Å²) in [6, 6.07) is 7.74. The highest BCUT2D eigenvalue weighted by atomic mass is 32.1. The Balaban J connectivity index is 1.57. The first-order valence-corrected chi connectivity index (χ1v) is 7.71. The molecule has 9 heteroatoms. The number of rotatable bonds is 3. The lowest BCUT2D eigenvalue weighted by Crippen LogP contribution is -2.42. The van der Waals surface area contributed by atoms with E-state index in [1.165, 1.54) is 11.3 Å². The number of hydrogen-bond donors (Lipinski definition) is 2. The van der Waals surface area contributed by atoms with Gasteiger partial charge in [-0.05, 0) is 19.1 Å². The highest BCUT2D eigenvalue weighted by Crippen LogP contribution is 2.29. The van der Waals surface area contributed by atoms with Crippen LogP contribution >= 0.6 is 11.3 Å². The van der Waals surface area contributed by atoms with Crippen LogP contribution in [0.4, 0.5) is 5.13 Å². The van der Waals surface area contributed by atoms with Gasteiger partial charge in [0.2, 0.25) is 5.13 Å². The monoisotopic (exact) mass is 314 g/mol. The first-order valence-electron chi connectivity index (χ1n) is 6.89. The van der Waals surface area contributed by atoms with Crippen LogP contribution in [0.5, 0.6) is 0 Å². The van der Waals surface area contributed by atoms with Crippen LogP contribution in [-0.2, 0) is 0 Å². The van der Waals surface area contributed by atoms with Gasteiger partial charge in [0.1, 0.15) is 0 Å². The molecule has 2 atom stereocenters. The summed E-state index contributed by atoms with van der Waals surface area (Å²) in [5, 5.41) is 19.7. The number of aromatic nitrogens is 1. The van der Waals surface area contributed by atoms with E-state index >= 15 is 0 Å². The van der Waals surface area contributed by atoms with E-state index in [0.717, 1.165) is 15.9 Å². The molecule has 0 saturated heterocycles. The largest absolute Gasteiger partial charge is 0.324 e. The van der Waals surface area contributed by atoms with E-state index in [9.17, 15) is 0 Å². The fraction of sp³-hybridized carbons (Fsp3) is 0.308. The van der Waals surface area contributed by atoms with Crippen molar-refractivity contribution >= 4 is 38.2 Å². The van der Waals surface area contributed by atoms with Gasteiger partial charge in [-0.1, -0.05) is 23.5 Å². The number of hydrazone groups is 2. The summed E-state index contributed by atoms with van der Waals surface area (Å²) in [6.45, 7) is 2.26. The van der Waals surface area contributed by atoms with E-state index in [1.807, 2.05) is 31.2 Å². The van der Waals surface area contributed by atoms with E-state index in [4.69, 9.17) is 5.73 Å². The topological polar surface area (TPSA) is 104 Å². The van der Waals surface area contributed by atoms with Crippen molar-refractivity contribution in [3.63, 3.8) is 0 Å². The minimum Gasteiger partial charge on any atom is -0.324 e. The molecule has 2 aliphatic heterocycles. The van der Waals surface area contributed by atoms with E-state index < -0.39 is 0 Å². The fourth-order valence-corrected chi connectivity index (χ4v) is 3.28. The molecule has 1 aromatic heterocycles. The highest BCUT2D eigenvalue weighted by molar-refractivity contribution is 7.21. The number of para-hydroxylation sites is 1. The predicted octanol–water partition coefficient (Wildman–Crippen LogP) is 1.64. The summed E-state index contributed by atoms with van der Waals surface area (Å²) < 4.78 is 1.10. The van der Waals surface area contributed by atoms with Gasteiger partial charge in [-0.15, -0.1) is 5.11 Å². The lowest BCUT2D eigenvalue weighted by atomic mass is 10.2. The fourth-order valence-electron chi connectivity index (χ4n) is 2.49. The second kappa shape index (κ2) is 5.11. The Hall–Kier alpha value is -2.39. The molecule has 1 aromatic carbocycles. The second-order valence-corrected chi connectivity index (χ2v) is 6.03. The van der Waals surface area contributed by atoms with Gasteiger partial charge < -0.3 is 5.73 Å². The minimum absolute atomic E-state index is 0.142. The number of thiazole rings is 1. The van der Waals surface area contributed by atoms with Gasteiger partial charge >= 0.3 is 0 Å². The number of benzene rings is 1. The molecular formula is C13H14N8S. The second-order valence-electron chi connectivity index (χ2n) is 5.02. The Kier molecular flexibility index (Phi) is 3.09. The predicted molar refractivity (Wildman–Crippen MR) is 86.3 cm³/mol. The maximum absolute atomic E-state index is 5.64. The smallest absolute Gasteiger partial charge is 0.230 e. The Morgan fingerprint density at radius 2 is 2.27 bits per heavy atom. The maximum atomic E-state index is 5.64. The van der Waals surface area contributed by atoms with Crippen LogP contribution in [0.25, 0.3) is 10.2 Å². The van der Waals surface area contributed by atoms with Gasteiger partial charge in [0.25, 0.3) is 0 Å². The normalized spacial score (nSPS) is 23.8. The Morgan fingerprint density at radius 3 is 3.09 bits per heavy atom. The van der Waals surface area contributed by atoms with Gasteiger partial charge in [0.15, 0.2) is 18.0 Å². The zero-order chi connectivity index (χ0) is 15.1. The van der Waals surface area contributed by atoms with Crippen LogP contribution < -0.4 is 11.2 Å². The van der Waals surface area contributed by atoms with Crippen molar-refractivity contribution in [1.29, 1.82) is 0 Å². The van der Waals surface area contributed by atoms with Crippen LogP contribution in [0.1, 0.15) is 6.92 Å². The quantitative estimate of drug-likeness (QED) is 0.840. The molecule has 3 N–H and O–H groups in total. The van der Waals surface area contributed by atoms with Crippen molar-refractivity contribution in [3.05, 3.63) is 24.3 Å². The van der Waals surface area contributed by atoms with Crippen LogP contribution in [-0.4, -0.2) is 40.3 Å². The number of fused-ring (bicyclic) bond motifs is 2. The molecule has 0 amide bonds. The molecule has 2 unspecified atom stereocenters. The number of nitrogens with zero attached hydrogens (tertiary/aromatic N) is 6. The minimum atomic E-state index is -0.195. The number of azo groups is 1. The maximum Gasteiger partial charge on any atom is 0.230 e. The average Bonchev–Trinajstić information content (AvgIpc) is 3.18. The first-order chi connectivity index (χ1) is 10.8. The third-order valence-corrected chi connectivity index (χ3v) is 4.50. The molecule has 22 heavy (non-hydrogen) atoms. The number of nitrogens with one attached hydrogen (secondary N) is 1. The van der Waals surface area contributed by atoms with Crippen LogP contribution in [0.3, 0.4) is 0 Å². The molecule has 4 rings (SSSR count). The van der Waals surface area contributed by atoms with Crippen molar-refractivity contribution in [2.75, 3.05) is 6.54 Å². The third-order valence-electron chi connectivity index (χ3n) is 3.58. The van der Waals surface area contributed by atoms with Crippen molar-refractivity contribution in [3.8, 4) is 0 Å². The van der Waals surface area contributed by atoms with E-state index in [-0.39, 0.29) is 12.2 Å². The molecule has 2 aliphatic rings. The highest BCUT2D eigenvalue weighted by Gasteiger charge is 2.41. The molecular weight excluding hydrogens is 300 g/mol. The van der Waals surface area contributed by atoms with Gasteiger partial charge in [-0.2, -0.15) is 15.3 Å². The number of hydrogen-bond acceptors (Lipinski definition) is 9. The molecule has 2 aromatic rings. The molecule has 0 fully saturated rings. The molecule has 3 heterocycles. The average molecular weight is 314 g/mol. The van der Waals surface area contributed by atoms with Crippen molar-refractivity contribution in [2.24, 2.45) is 26.2 Å². The summed E-state index contributed by atoms with van der Waals surface area (Å²) in [7, 11) is 0. The first kappa shape index (κ1) is 13.3. The summed E-state index contributed by atoms with van der Waals surface area (Å²) >= 11 is 1.52. The van der Waals surface area contributed by atoms with E-state index in [1.54, 1.807) is 5.01 Å². The lowest BCUT2D eigenvalue weighted by Gasteiger charge is -2.16. The summed E-state index contributed by atoms with van der Waals surface area (Å²) in [4.78, 5) is 4.45. The molecule has 0 bridgehead atoms. The standard InChI is InChI=1S/C13H14N8S/c1-7-11(12-18-16-10(6-14)21(12)20-7)17-19-13-15-8-4-2-3-5-9(8)22-13/h2-5,11-12,18H,6,14H2,1H3. The zero-order valence-corrected chi connectivity index (χ0v) is 12.7. The van der Waals surface area contributed by atoms with Crippen LogP contribution in [0.2, 0.25) is 0 Å². The van der Waals surface area contributed by atoms with Crippen molar-refractivity contribution < 1.29 is 0 Å². The van der Waals surface area contributed by atoms with Crippen molar-refractivity contribution in [2.45, 2.75) is 19.1 Å².